The van der Waals surface area contributed by atoms with Gasteiger partial charge in [-0.3, -0.25) is 20.0 Å². The van der Waals surface area contributed by atoms with Crippen LogP contribution in [-0.2, 0) is 0 Å². The quantitative estimate of drug-likeness (QED) is 0.499. The summed E-state index contributed by atoms with van der Waals surface area (Å²) < 4.78 is 0.642. The fourth-order valence-corrected chi connectivity index (χ4v) is 1.86. The van der Waals surface area contributed by atoms with Crippen LogP contribution in [0.25, 0.3) is 0 Å². The minimum atomic E-state index is -0.548. The topological polar surface area (TPSA) is 101 Å². The van der Waals surface area contributed by atoms with Crippen molar-refractivity contribution in [1.29, 1.82) is 0 Å². The summed E-state index contributed by atoms with van der Waals surface area (Å²) in [7, 11) is 0. The third kappa shape index (κ3) is 2.47. The first-order valence-corrected chi connectivity index (χ1v) is 5.91. The van der Waals surface area contributed by atoms with Crippen LogP contribution in [0.4, 0.5) is 11.4 Å². The summed E-state index contributed by atoms with van der Waals surface area (Å²) in [6, 6.07) is 5.95. The summed E-state index contributed by atoms with van der Waals surface area (Å²) in [5, 5.41) is 19.5. The van der Waals surface area contributed by atoms with Crippen molar-refractivity contribution in [2.24, 2.45) is 0 Å². The van der Waals surface area contributed by atoms with Gasteiger partial charge < -0.3 is 5.32 Å². The molecule has 0 spiro atoms. The van der Waals surface area contributed by atoms with E-state index in [4.69, 9.17) is 0 Å². The molecule has 2 rings (SSSR count). The SMILES string of the molecule is O=C(Nc1ccccc1[N+](=O)[O-])c1[nH]ncc1I. The molecule has 92 valence electrons. The number of nitro benzene ring substituents is 1. The molecule has 7 nitrogen and oxygen atoms in total. The number of H-pyrrole nitrogens is 1. The van der Waals surface area contributed by atoms with Crippen molar-refractivity contribution < 1.29 is 9.72 Å². The maximum atomic E-state index is 11.9. The number of nitrogens with zero attached hydrogens (tertiary/aromatic N) is 2. The van der Waals surface area contributed by atoms with Gasteiger partial charge in [0.1, 0.15) is 11.4 Å². The molecule has 18 heavy (non-hydrogen) atoms. The maximum absolute atomic E-state index is 11.9. The second-order valence-corrected chi connectivity index (χ2v) is 4.48. The number of halogens is 1. The molecule has 0 aliphatic rings. The van der Waals surface area contributed by atoms with Crippen molar-refractivity contribution in [2.45, 2.75) is 0 Å². The monoisotopic (exact) mass is 358 g/mol. The Morgan fingerprint density at radius 2 is 2.17 bits per heavy atom. The molecule has 0 bridgehead atoms. The molecule has 0 fully saturated rings. The Kier molecular flexibility index (Phi) is 3.55. The number of aromatic nitrogens is 2. The average Bonchev–Trinajstić information content (AvgIpc) is 2.76. The number of anilines is 1. The van der Waals surface area contributed by atoms with E-state index in [2.05, 4.69) is 15.5 Å². The average molecular weight is 358 g/mol. The van der Waals surface area contributed by atoms with Crippen LogP contribution in [0.15, 0.2) is 30.5 Å². The van der Waals surface area contributed by atoms with Crippen LogP contribution in [0.5, 0.6) is 0 Å². The number of hydrogen-bond acceptors (Lipinski definition) is 4. The summed E-state index contributed by atoms with van der Waals surface area (Å²) in [6.07, 6.45) is 1.49. The van der Waals surface area contributed by atoms with Gasteiger partial charge >= 0.3 is 0 Å². The standard InChI is InChI=1S/C10H7IN4O3/c11-6-5-12-14-9(6)10(16)13-7-3-1-2-4-8(7)15(17)18/h1-5H,(H,12,14)(H,13,16). The predicted octanol–water partition coefficient (Wildman–Crippen LogP) is 2.17. The zero-order valence-corrected chi connectivity index (χ0v) is 11.0. The Labute approximate surface area is 115 Å². The number of para-hydroxylation sites is 2. The van der Waals surface area contributed by atoms with Crippen molar-refractivity contribution >= 4 is 39.9 Å². The number of nitrogens with one attached hydrogen (secondary N) is 2. The number of rotatable bonds is 3. The van der Waals surface area contributed by atoms with E-state index >= 15 is 0 Å². The Morgan fingerprint density at radius 3 is 2.78 bits per heavy atom. The smallest absolute Gasteiger partial charge is 0.292 e. The first-order valence-electron chi connectivity index (χ1n) is 4.83. The molecule has 1 heterocycles. The van der Waals surface area contributed by atoms with E-state index in [0.717, 1.165) is 0 Å². The summed E-state index contributed by atoms with van der Waals surface area (Å²) in [6.45, 7) is 0. The molecular formula is C10H7IN4O3. The Morgan fingerprint density at radius 1 is 1.44 bits per heavy atom. The van der Waals surface area contributed by atoms with Crippen LogP contribution in [0, 0.1) is 13.7 Å². The van der Waals surface area contributed by atoms with E-state index in [1.165, 1.54) is 24.4 Å². The molecule has 0 saturated heterocycles. The summed E-state index contributed by atoms with van der Waals surface area (Å²) in [5.74, 6) is -0.466. The molecule has 0 aliphatic carbocycles. The zero-order chi connectivity index (χ0) is 13.1. The molecule has 1 amide bonds. The van der Waals surface area contributed by atoms with Gasteiger partial charge in [-0.25, -0.2) is 0 Å². The number of aromatic amines is 1. The number of benzene rings is 1. The van der Waals surface area contributed by atoms with Crippen LogP contribution in [0.2, 0.25) is 0 Å². The molecule has 0 unspecified atom stereocenters. The van der Waals surface area contributed by atoms with Gasteiger partial charge in [-0.15, -0.1) is 0 Å². The van der Waals surface area contributed by atoms with Crippen molar-refractivity contribution in [3.63, 3.8) is 0 Å². The summed E-state index contributed by atoms with van der Waals surface area (Å²) >= 11 is 1.95. The minimum absolute atomic E-state index is 0.151. The van der Waals surface area contributed by atoms with E-state index < -0.39 is 10.8 Å². The Bertz CT molecular complexity index is 611. The molecule has 2 aromatic rings. The lowest BCUT2D eigenvalue weighted by Gasteiger charge is -2.04. The number of nitro groups is 1. The summed E-state index contributed by atoms with van der Waals surface area (Å²) in [5.41, 5.74) is 0.270. The molecule has 0 atom stereocenters. The Balaban J connectivity index is 2.28. The van der Waals surface area contributed by atoms with Crippen LogP contribution in [0.3, 0.4) is 0 Å². The highest BCUT2D eigenvalue weighted by atomic mass is 127. The van der Waals surface area contributed by atoms with E-state index in [0.29, 0.717) is 3.57 Å². The van der Waals surface area contributed by atoms with Crippen LogP contribution < -0.4 is 5.32 Å². The lowest BCUT2D eigenvalue weighted by Crippen LogP contribution is -2.14. The van der Waals surface area contributed by atoms with Gasteiger partial charge in [0, 0.05) is 6.07 Å². The molecule has 2 N–H and O–H groups in total. The molecule has 0 radical (unpaired) electrons. The third-order valence-electron chi connectivity index (χ3n) is 2.17. The minimum Gasteiger partial charge on any atom is -0.315 e. The highest BCUT2D eigenvalue weighted by Gasteiger charge is 2.17. The third-order valence-corrected chi connectivity index (χ3v) is 2.99. The highest BCUT2D eigenvalue weighted by Crippen LogP contribution is 2.24. The number of hydrogen-bond donors (Lipinski definition) is 2. The van der Waals surface area contributed by atoms with Crippen LogP contribution in [-0.4, -0.2) is 21.0 Å². The van der Waals surface area contributed by atoms with Gasteiger partial charge in [-0.2, -0.15) is 5.10 Å². The number of amides is 1. The van der Waals surface area contributed by atoms with E-state index in [1.807, 2.05) is 22.6 Å². The maximum Gasteiger partial charge on any atom is 0.292 e. The van der Waals surface area contributed by atoms with Gasteiger partial charge in [0.2, 0.25) is 0 Å². The molecular weight excluding hydrogens is 351 g/mol. The second-order valence-electron chi connectivity index (χ2n) is 3.32. The molecule has 1 aromatic heterocycles. The van der Waals surface area contributed by atoms with Gasteiger partial charge in [0.05, 0.1) is 14.7 Å². The molecule has 0 aliphatic heterocycles. The second kappa shape index (κ2) is 5.12. The van der Waals surface area contributed by atoms with Crippen molar-refractivity contribution in [1.82, 2.24) is 10.2 Å². The Hall–Kier alpha value is -1.97. The molecule has 0 saturated carbocycles. The fraction of sp³-hybridized carbons (Fsp3) is 0. The van der Waals surface area contributed by atoms with Crippen LogP contribution >= 0.6 is 22.6 Å². The fourth-order valence-electron chi connectivity index (χ4n) is 1.35. The zero-order valence-electron chi connectivity index (χ0n) is 8.88. The lowest BCUT2D eigenvalue weighted by atomic mass is 10.2. The first kappa shape index (κ1) is 12.5. The van der Waals surface area contributed by atoms with Crippen molar-refractivity contribution in [2.75, 3.05) is 5.32 Å². The van der Waals surface area contributed by atoms with Crippen LogP contribution in [0.1, 0.15) is 10.5 Å². The van der Waals surface area contributed by atoms with Gasteiger partial charge in [0.15, 0.2) is 0 Å². The van der Waals surface area contributed by atoms with Crippen molar-refractivity contribution in [3.05, 3.63) is 49.8 Å². The van der Waals surface area contributed by atoms with E-state index in [-0.39, 0.29) is 17.1 Å². The van der Waals surface area contributed by atoms with E-state index in [1.54, 1.807) is 6.07 Å². The van der Waals surface area contributed by atoms with E-state index in [9.17, 15) is 14.9 Å². The van der Waals surface area contributed by atoms with Gasteiger partial charge in [-0.05, 0) is 28.7 Å². The predicted molar refractivity (Wildman–Crippen MR) is 72.4 cm³/mol. The largest absolute Gasteiger partial charge is 0.315 e. The summed E-state index contributed by atoms with van der Waals surface area (Å²) in [4.78, 5) is 22.1. The number of carbonyl (C=O) groups is 1. The normalized spacial score (nSPS) is 10.1. The van der Waals surface area contributed by atoms with Crippen molar-refractivity contribution in [3.8, 4) is 0 Å². The van der Waals surface area contributed by atoms with Gasteiger partial charge in [0.25, 0.3) is 11.6 Å². The van der Waals surface area contributed by atoms with Gasteiger partial charge in [-0.1, -0.05) is 12.1 Å². The lowest BCUT2D eigenvalue weighted by molar-refractivity contribution is -0.383. The molecule has 1 aromatic carbocycles. The first-order chi connectivity index (χ1) is 8.59. The highest BCUT2D eigenvalue weighted by molar-refractivity contribution is 14.1. The molecule has 8 heteroatoms. The number of carbonyl (C=O) groups excluding carboxylic acids is 1.